The van der Waals surface area contributed by atoms with Crippen molar-refractivity contribution < 1.29 is 64.6 Å². The first-order chi connectivity index (χ1) is 47.1. The molecule has 9 N–H and O–H groups in total. The zero-order valence-electron chi connectivity index (χ0n) is 61.4. The van der Waals surface area contributed by atoms with Gasteiger partial charge in [0, 0.05) is 6.42 Å². The lowest BCUT2D eigenvalue weighted by Gasteiger charge is -2.46. The van der Waals surface area contributed by atoms with Gasteiger partial charge in [0.05, 0.1) is 32.0 Å². The van der Waals surface area contributed by atoms with Crippen LogP contribution in [0.5, 0.6) is 0 Å². The highest BCUT2D eigenvalue weighted by atomic mass is 16.7. The monoisotopic (exact) mass is 1360 g/mol. The molecule has 12 atom stereocenters. The van der Waals surface area contributed by atoms with Gasteiger partial charge in [-0.2, -0.15) is 0 Å². The fraction of sp³-hybridized carbons (Fsp3) is 0.841. The Morgan fingerprint density at radius 1 is 0.385 bits per heavy atom. The second-order valence-electron chi connectivity index (χ2n) is 28.2. The van der Waals surface area contributed by atoms with E-state index in [0.29, 0.717) is 6.42 Å². The third-order valence-corrected chi connectivity index (χ3v) is 19.4. The van der Waals surface area contributed by atoms with Crippen molar-refractivity contribution in [1.29, 1.82) is 0 Å². The molecule has 560 valence electrons. The molecule has 12 unspecified atom stereocenters. The summed E-state index contributed by atoms with van der Waals surface area (Å²) in [5, 5.41) is 87.6. The smallest absolute Gasteiger partial charge is 0.220 e. The van der Waals surface area contributed by atoms with E-state index in [-0.39, 0.29) is 18.9 Å². The summed E-state index contributed by atoms with van der Waals surface area (Å²) in [7, 11) is 0. The first-order valence-corrected chi connectivity index (χ1v) is 40.2. The molecule has 2 saturated heterocycles. The molecule has 14 heteroatoms. The zero-order chi connectivity index (χ0) is 69.4. The molecule has 2 aliphatic heterocycles. The molecule has 0 aliphatic carbocycles. The zero-order valence-corrected chi connectivity index (χ0v) is 61.4. The Morgan fingerprint density at radius 2 is 0.719 bits per heavy atom. The highest BCUT2D eigenvalue weighted by Gasteiger charge is 2.51. The van der Waals surface area contributed by atoms with Crippen LogP contribution in [-0.2, 0) is 23.7 Å². The van der Waals surface area contributed by atoms with Crippen molar-refractivity contribution in [2.75, 3.05) is 19.8 Å². The highest BCUT2D eigenvalue weighted by molar-refractivity contribution is 5.76. The Balaban J connectivity index is 1.56. The summed E-state index contributed by atoms with van der Waals surface area (Å²) >= 11 is 0. The molecule has 0 saturated carbocycles. The SMILES string of the molecule is CC/C=C\C/C=C\C/C=C\C/C=C\C/C=C\CCCCCCCCCCCCCCCCCCCCCCCCCCCC(=O)NC(COC1OC(CO)C(OC2OC(CO)C(O)C(O)C2O)C(O)C1O)C(O)/C=C/CCCCCCCCCCCCCCCCCCCCC. The van der Waals surface area contributed by atoms with Gasteiger partial charge >= 0.3 is 0 Å². The standard InChI is InChI=1S/C82H149NO13/c1-3-5-7-9-11-13-15-17-19-21-23-25-26-27-28-29-30-31-32-33-34-35-36-37-38-39-40-41-42-43-44-46-48-50-52-54-56-58-60-62-64-66-74(87)83-70(71(86)65-63-61-59-57-55-53-51-49-47-45-24-22-20-18-16-14-12-10-8-6-4-2)69-93-81-79(92)77(90)80(73(68-85)95-81)96-82-78(91)76(89)75(88)72(67-84)94-82/h5,7,11,13,17,19,23,25,27-28,63,65,70-73,75-82,84-86,88-92H,3-4,6,8-10,12,14-16,18,20-22,24,26,29-62,64,66-69H2,1-2H3,(H,83,87)/b7-5-,13-11-,19-17-,25-23-,28-27-,65-63+. The van der Waals surface area contributed by atoms with Crippen LogP contribution in [-0.4, -0.2) is 140 Å². The molecule has 0 aromatic heterocycles. The maximum absolute atomic E-state index is 13.4. The fourth-order valence-corrected chi connectivity index (χ4v) is 13.1. The minimum atomic E-state index is -1.79. The number of allylic oxidation sites excluding steroid dienone is 11. The molecule has 1 amide bonds. The van der Waals surface area contributed by atoms with Crippen LogP contribution >= 0.6 is 0 Å². The summed E-state index contributed by atoms with van der Waals surface area (Å²) in [4.78, 5) is 13.4. The molecule has 2 fully saturated rings. The molecule has 0 aromatic rings. The number of hydrogen-bond acceptors (Lipinski definition) is 13. The van der Waals surface area contributed by atoms with E-state index in [0.717, 1.165) is 70.6 Å². The quantitative estimate of drug-likeness (QED) is 0.0204. The minimum absolute atomic E-state index is 0.233. The van der Waals surface area contributed by atoms with Crippen LogP contribution < -0.4 is 5.32 Å². The van der Waals surface area contributed by atoms with Gasteiger partial charge in [-0.25, -0.2) is 0 Å². The number of amides is 1. The topological polar surface area (TPSA) is 228 Å². The molecule has 0 bridgehead atoms. The molecular weight excluding hydrogens is 1210 g/mol. The lowest BCUT2D eigenvalue weighted by molar-refractivity contribution is -0.359. The number of carbonyl (C=O) groups excluding carboxylic acids is 1. The molecule has 0 spiro atoms. The van der Waals surface area contributed by atoms with Gasteiger partial charge < -0.3 is 65.1 Å². The van der Waals surface area contributed by atoms with E-state index in [1.54, 1.807) is 6.08 Å². The van der Waals surface area contributed by atoms with Gasteiger partial charge in [-0.3, -0.25) is 4.79 Å². The Morgan fingerprint density at radius 3 is 1.10 bits per heavy atom. The number of aliphatic hydroxyl groups excluding tert-OH is 8. The van der Waals surface area contributed by atoms with E-state index in [9.17, 15) is 45.6 Å². The lowest BCUT2D eigenvalue weighted by Crippen LogP contribution is -2.65. The number of ether oxygens (including phenoxy) is 4. The summed E-state index contributed by atoms with van der Waals surface area (Å²) in [6.07, 6.45) is 74.2. The van der Waals surface area contributed by atoms with Gasteiger partial charge in [-0.1, -0.05) is 350 Å². The van der Waals surface area contributed by atoms with E-state index in [1.165, 1.54) is 250 Å². The average Bonchev–Trinajstić information content (AvgIpc) is 0.807. The van der Waals surface area contributed by atoms with Crippen molar-refractivity contribution >= 4 is 5.91 Å². The van der Waals surface area contributed by atoms with Crippen molar-refractivity contribution in [3.05, 3.63) is 72.9 Å². The number of rotatable bonds is 67. The van der Waals surface area contributed by atoms with Crippen LogP contribution in [0.2, 0.25) is 0 Å². The van der Waals surface area contributed by atoms with Gasteiger partial charge in [-0.15, -0.1) is 0 Å². The van der Waals surface area contributed by atoms with Crippen molar-refractivity contribution in [2.45, 2.75) is 421 Å². The number of aliphatic hydroxyl groups is 8. The Hall–Kier alpha value is -2.57. The molecule has 2 aliphatic rings. The Labute approximate surface area is 587 Å². The van der Waals surface area contributed by atoms with E-state index in [4.69, 9.17) is 18.9 Å². The van der Waals surface area contributed by atoms with Crippen LogP contribution in [0.15, 0.2) is 72.9 Å². The summed E-state index contributed by atoms with van der Waals surface area (Å²) in [5.74, 6) is -0.233. The summed E-state index contributed by atoms with van der Waals surface area (Å²) in [6, 6.07) is -0.916. The fourth-order valence-electron chi connectivity index (χ4n) is 13.1. The molecule has 96 heavy (non-hydrogen) atoms. The van der Waals surface area contributed by atoms with Crippen molar-refractivity contribution in [3.63, 3.8) is 0 Å². The summed E-state index contributed by atoms with van der Waals surface area (Å²) < 4.78 is 22.9. The molecule has 2 heterocycles. The van der Waals surface area contributed by atoms with Crippen molar-refractivity contribution in [1.82, 2.24) is 5.32 Å². The number of unbranched alkanes of at least 4 members (excludes halogenated alkanes) is 44. The Kier molecular flexibility index (Phi) is 61.3. The summed E-state index contributed by atoms with van der Waals surface area (Å²) in [5.41, 5.74) is 0. The normalized spacial score (nSPS) is 22.6. The van der Waals surface area contributed by atoms with Gasteiger partial charge in [0.2, 0.25) is 5.91 Å². The lowest BCUT2D eigenvalue weighted by atomic mass is 9.97. The van der Waals surface area contributed by atoms with Gasteiger partial charge in [-0.05, 0) is 64.2 Å². The van der Waals surface area contributed by atoms with Gasteiger partial charge in [0.25, 0.3) is 0 Å². The second kappa shape index (κ2) is 65.7. The number of carbonyl (C=O) groups is 1. The van der Waals surface area contributed by atoms with E-state index < -0.39 is 86.8 Å². The van der Waals surface area contributed by atoms with Crippen LogP contribution in [0.25, 0.3) is 0 Å². The predicted molar refractivity (Wildman–Crippen MR) is 397 cm³/mol. The highest BCUT2D eigenvalue weighted by Crippen LogP contribution is 2.30. The number of nitrogens with one attached hydrogen (secondary N) is 1. The largest absolute Gasteiger partial charge is 0.394 e. The first kappa shape index (κ1) is 89.5. The van der Waals surface area contributed by atoms with Gasteiger partial charge in [0.1, 0.15) is 48.8 Å². The van der Waals surface area contributed by atoms with E-state index in [2.05, 4.69) is 79.9 Å². The Bertz CT molecular complexity index is 1890. The molecular formula is C82H149NO13. The number of hydrogen-bond donors (Lipinski definition) is 9. The molecule has 0 aromatic carbocycles. The molecule has 14 nitrogen and oxygen atoms in total. The second-order valence-corrected chi connectivity index (χ2v) is 28.2. The van der Waals surface area contributed by atoms with Crippen LogP contribution in [0.1, 0.15) is 348 Å². The van der Waals surface area contributed by atoms with Crippen molar-refractivity contribution in [3.8, 4) is 0 Å². The third kappa shape index (κ3) is 48.3. The van der Waals surface area contributed by atoms with Crippen LogP contribution in [0.4, 0.5) is 0 Å². The van der Waals surface area contributed by atoms with Gasteiger partial charge in [0.15, 0.2) is 12.6 Å². The van der Waals surface area contributed by atoms with Crippen LogP contribution in [0.3, 0.4) is 0 Å². The predicted octanol–water partition coefficient (Wildman–Crippen LogP) is 18.1. The maximum atomic E-state index is 13.4. The van der Waals surface area contributed by atoms with Crippen molar-refractivity contribution in [2.24, 2.45) is 0 Å². The maximum Gasteiger partial charge on any atom is 0.220 e. The summed E-state index contributed by atoms with van der Waals surface area (Å²) in [6.45, 7) is 2.73. The average molecular weight is 1360 g/mol. The molecule has 0 radical (unpaired) electrons. The first-order valence-electron chi connectivity index (χ1n) is 40.2. The molecule has 2 rings (SSSR count). The minimum Gasteiger partial charge on any atom is -0.394 e. The van der Waals surface area contributed by atoms with E-state index >= 15 is 0 Å². The van der Waals surface area contributed by atoms with E-state index in [1.807, 2.05) is 6.08 Å². The van der Waals surface area contributed by atoms with Crippen LogP contribution in [0, 0.1) is 0 Å². The third-order valence-electron chi connectivity index (χ3n) is 19.4.